The first-order valence-electron chi connectivity index (χ1n) is 5.84. The number of hydrogen-bond acceptors (Lipinski definition) is 4. The number of pyridine rings is 1. The molecule has 2 heterocycles. The lowest BCUT2D eigenvalue weighted by molar-refractivity contribution is 0.0687. The zero-order valence-corrected chi connectivity index (χ0v) is 10.2. The lowest BCUT2D eigenvalue weighted by atomic mass is 10.2. The van der Waals surface area contributed by atoms with Gasteiger partial charge >= 0.3 is 5.97 Å². The van der Waals surface area contributed by atoms with Crippen LogP contribution in [-0.2, 0) is 0 Å². The third-order valence-electron chi connectivity index (χ3n) is 2.87. The summed E-state index contributed by atoms with van der Waals surface area (Å²) in [6, 6.07) is 10.4. The van der Waals surface area contributed by atoms with Crippen molar-refractivity contribution in [3.8, 4) is 5.69 Å². The average Bonchev–Trinajstić information content (AvgIpc) is 2.47. The number of carbonyl (C=O) groups is 1. The molecule has 6 heteroatoms. The van der Waals surface area contributed by atoms with Crippen molar-refractivity contribution in [2.24, 2.45) is 0 Å². The Morgan fingerprint density at radius 3 is 2.75 bits per heavy atom. The Labute approximate surface area is 112 Å². The Balaban J connectivity index is 2.29. The number of aromatic carboxylic acids is 1. The minimum atomic E-state index is -1.35. The molecule has 0 amide bonds. The van der Waals surface area contributed by atoms with Gasteiger partial charge in [0.15, 0.2) is 0 Å². The number of aromatic nitrogens is 3. The maximum Gasteiger partial charge on any atom is 0.360 e. The van der Waals surface area contributed by atoms with Crippen molar-refractivity contribution in [3.05, 3.63) is 64.7 Å². The molecule has 0 atom stereocenters. The first-order chi connectivity index (χ1) is 9.66. The monoisotopic (exact) mass is 267 g/mol. The Hall–Kier alpha value is -3.02. The van der Waals surface area contributed by atoms with Crippen LogP contribution in [0.4, 0.5) is 0 Å². The molecule has 98 valence electrons. The molecule has 0 fully saturated rings. The summed E-state index contributed by atoms with van der Waals surface area (Å²) in [5.74, 6) is -1.35. The molecule has 0 spiro atoms. The number of para-hydroxylation sites is 1. The molecule has 0 radical (unpaired) electrons. The predicted molar refractivity (Wildman–Crippen MR) is 72.1 cm³/mol. The molecule has 3 rings (SSSR count). The van der Waals surface area contributed by atoms with Gasteiger partial charge in [0.2, 0.25) is 11.1 Å². The van der Waals surface area contributed by atoms with Gasteiger partial charge in [-0.3, -0.25) is 9.78 Å². The highest BCUT2D eigenvalue weighted by atomic mass is 16.4. The summed E-state index contributed by atoms with van der Waals surface area (Å²) in [6.45, 7) is 0. The largest absolute Gasteiger partial charge is 0.476 e. The summed E-state index contributed by atoms with van der Waals surface area (Å²) in [4.78, 5) is 26.7. The van der Waals surface area contributed by atoms with Crippen LogP contribution in [0.25, 0.3) is 16.6 Å². The second-order valence-corrected chi connectivity index (χ2v) is 4.13. The van der Waals surface area contributed by atoms with Gasteiger partial charge in [-0.2, -0.15) is 5.10 Å². The Bertz CT molecular complexity index is 865. The zero-order valence-electron chi connectivity index (χ0n) is 10.2. The quantitative estimate of drug-likeness (QED) is 0.760. The zero-order chi connectivity index (χ0) is 14.1. The van der Waals surface area contributed by atoms with Gasteiger partial charge in [-0.1, -0.05) is 18.2 Å². The van der Waals surface area contributed by atoms with Gasteiger partial charge < -0.3 is 5.11 Å². The third kappa shape index (κ3) is 1.93. The second kappa shape index (κ2) is 4.58. The van der Waals surface area contributed by atoms with Crippen molar-refractivity contribution in [1.29, 1.82) is 0 Å². The van der Waals surface area contributed by atoms with Crippen molar-refractivity contribution in [2.75, 3.05) is 0 Å². The molecule has 20 heavy (non-hydrogen) atoms. The van der Waals surface area contributed by atoms with Gasteiger partial charge in [-0.15, -0.1) is 0 Å². The molecule has 1 N–H and O–H groups in total. The van der Waals surface area contributed by atoms with Crippen LogP contribution < -0.4 is 5.43 Å². The number of carboxylic acids is 1. The van der Waals surface area contributed by atoms with E-state index < -0.39 is 17.1 Å². The highest BCUT2D eigenvalue weighted by Crippen LogP contribution is 2.18. The van der Waals surface area contributed by atoms with Crippen molar-refractivity contribution >= 4 is 16.9 Å². The molecule has 0 saturated heterocycles. The van der Waals surface area contributed by atoms with Crippen LogP contribution in [0.1, 0.15) is 10.5 Å². The van der Waals surface area contributed by atoms with Crippen LogP contribution in [0.3, 0.4) is 0 Å². The van der Waals surface area contributed by atoms with Gasteiger partial charge in [-0.25, -0.2) is 9.48 Å². The number of carboxylic acid groups (broad SMARTS) is 1. The highest BCUT2D eigenvalue weighted by molar-refractivity contribution is 5.87. The molecule has 1 aromatic carbocycles. The summed E-state index contributed by atoms with van der Waals surface area (Å²) in [5.41, 5.74) is 0.162. The first kappa shape index (κ1) is 12.0. The van der Waals surface area contributed by atoms with Crippen molar-refractivity contribution < 1.29 is 9.90 Å². The molecule has 0 aliphatic rings. The summed E-state index contributed by atoms with van der Waals surface area (Å²) >= 11 is 0. The maximum atomic E-state index is 11.4. The molecule has 0 unspecified atom stereocenters. The number of benzene rings is 1. The molecule has 0 saturated carbocycles. The third-order valence-corrected chi connectivity index (χ3v) is 2.87. The van der Waals surface area contributed by atoms with Crippen LogP contribution >= 0.6 is 0 Å². The molecule has 6 nitrogen and oxygen atoms in total. The van der Waals surface area contributed by atoms with Gasteiger partial charge in [0.25, 0.3) is 0 Å². The van der Waals surface area contributed by atoms with E-state index in [4.69, 9.17) is 5.11 Å². The fraction of sp³-hybridized carbons (Fsp3) is 0. The van der Waals surface area contributed by atoms with Gasteiger partial charge in [-0.05, 0) is 12.1 Å². The molecular formula is C14H9N3O3. The number of nitrogens with zero attached hydrogens (tertiary/aromatic N) is 3. The number of hydrogen-bond donors (Lipinski definition) is 1. The lowest BCUT2D eigenvalue weighted by Crippen LogP contribution is -2.20. The average molecular weight is 267 g/mol. The Morgan fingerprint density at radius 2 is 1.95 bits per heavy atom. The standard InChI is InChI=1S/C14H9N3O3/c18-11-6-8-17(16-13(11)14(19)20)10-5-1-3-9-4-2-7-15-12(9)10/h1-8H,(H,19,20). The van der Waals surface area contributed by atoms with E-state index in [-0.39, 0.29) is 0 Å². The summed E-state index contributed by atoms with van der Waals surface area (Å²) in [7, 11) is 0. The summed E-state index contributed by atoms with van der Waals surface area (Å²) in [5, 5.41) is 13.7. The fourth-order valence-corrected chi connectivity index (χ4v) is 1.96. The smallest absolute Gasteiger partial charge is 0.360 e. The molecule has 2 aromatic heterocycles. The van der Waals surface area contributed by atoms with E-state index in [0.717, 1.165) is 5.39 Å². The fourth-order valence-electron chi connectivity index (χ4n) is 1.96. The van der Waals surface area contributed by atoms with Crippen molar-refractivity contribution in [1.82, 2.24) is 14.8 Å². The topological polar surface area (TPSA) is 85.1 Å². The van der Waals surface area contributed by atoms with Gasteiger partial charge in [0, 0.05) is 23.8 Å². The van der Waals surface area contributed by atoms with Crippen LogP contribution in [-0.4, -0.2) is 25.8 Å². The summed E-state index contributed by atoms with van der Waals surface area (Å²) < 4.78 is 1.35. The van der Waals surface area contributed by atoms with Crippen LogP contribution in [0.5, 0.6) is 0 Å². The van der Waals surface area contributed by atoms with Crippen LogP contribution in [0, 0.1) is 0 Å². The van der Waals surface area contributed by atoms with Gasteiger partial charge in [0.1, 0.15) is 0 Å². The molecule has 0 bridgehead atoms. The normalized spacial score (nSPS) is 10.6. The van der Waals surface area contributed by atoms with Crippen LogP contribution in [0.2, 0.25) is 0 Å². The lowest BCUT2D eigenvalue weighted by Gasteiger charge is -2.08. The van der Waals surface area contributed by atoms with E-state index in [1.807, 2.05) is 24.3 Å². The number of fused-ring (bicyclic) bond motifs is 1. The Morgan fingerprint density at radius 1 is 1.15 bits per heavy atom. The summed E-state index contributed by atoms with van der Waals surface area (Å²) in [6.07, 6.45) is 3.07. The number of rotatable bonds is 2. The molecular weight excluding hydrogens is 258 g/mol. The minimum absolute atomic E-state index is 0.513. The molecule has 0 aliphatic heterocycles. The van der Waals surface area contributed by atoms with Crippen molar-refractivity contribution in [3.63, 3.8) is 0 Å². The van der Waals surface area contributed by atoms with E-state index in [2.05, 4.69) is 10.1 Å². The second-order valence-electron chi connectivity index (χ2n) is 4.13. The first-order valence-corrected chi connectivity index (χ1v) is 5.84. The van der Waals surface area contributed by atoms with E-state index in [1.165, 1.54) is 16.9 Å². The minimum Gasteiger partial charge on any atom is -0.476 e. The van der Waals surface area contributed by atoms with Crippen LogP contribution in [0.15, 0.2) is 53.6 Å². The molecule has 0 aliphatic carbocycles. The maximum absolute atomic E-state index is 11.4. The van der Waals surface area contributed by atoms with E-state index >= 15 is 0 Å². The van der Waals surface area contributed by atoms with E-state index in [0.29, 0.717) is 11.2 Å². The molecule has 3 aromatic rings. The van der Waals surface area contributed by atoms with Gasteiger partial charge in [0.05, 0.1) is 11.2 Å². The van der Waals surface area contributed by atoms with Crippen molar-refractivity contribution in [2.45, 2.75) is 0 Å². The predicted octanol–water partition coefficient (Wildman–Crippen LogP) is 1.48. The Kier molecular flexibility index (Phi) is 2.76. The highest BCUT2D eigenvalue weighted by Gasteiger charge is 2.12. The van der Waals surface area contributed by atoms with E-state index in [1.54, 1.807) is 12.3 Å². The SMILES string of the molecule is O=C(O)c1nn(-c2cccc3cccnc23)ccc1=O. The van der Waals surface area contributed by atoms with E-state index in [9.17, 15) is 9.59 Å².